The number of aromatic nitrogens is 1. The quantitative estimate of drug-likeness (QED) is 0.338. The van der Waals surface area contributed by atoms with E-state index in [2.05, 4.69) is 139 Å². The Morgan fingerprint density at radius 1 is 0.605 bits per heavy atom. The molecule has 38 heavy (non-hydrogen) atoms. The van der Waals surface area contributed by atoms with Crippen molar-refractivity contribution in [3.63, 3.8) is 0 Å². The van der Waals surface area contributed by atoms with Crippen LogP contribution in [0.25, 0.3) is 28.1 Å². The Hall–Kier alpha value is -3.84. The third-order valence-electron chi connectivity index (χ3n) is 6.95. The zero-order chi connectivity index (χ0) is 26.8. The van der Waals surface area contributed by atoms with Gasteiger partial charge in [-0.05, 0) is 42.2 Å². The molecule has 5 aromatic rings. The number of rotatable bonds is 4. The summed E-state index contributed by atoms with van der Waals surface area (Å²) in [5.74, 6) is 0. The van der Waals surface area contributed by atoms with E-state index < -0.39 is 10.2 Å². The highest BCUT2D eigenvalue weighted by molar-refractivity contribution is 5.71. The van der Waals surface area contributed by atoms with E-state index in [4.69, 9.17) is 18.6 Å². The first-order chi connectivity index (χ1) is 18.2. The summed E-state index contributed by atoms with van der Waals surface area (Å²) in [5, 5.41) is 0. The predicted molar refractivity (Wildman–Crippen MR) is 135 cm³/mol. The standard InChI is InChI=1S/C32H26N.ClHO4/c1-32(23-24-13-5-2-6-14-24)28-19-11-12-20-29(28)33-30(26-17-9-4-10-18-26)21-27(22-31(32)33)25-15-7-3-8-16-25;2-1(3,4)5/h2-22H,23H2,1H3;(H,2,3,4,5)/q+1;/p-1. The van der Waals surface area contributed by atoms with Crippen molar-refractivity contribution in [2.24, 2.45) is 0 Å². The summed E-state index contributed by atoms with van der Waals surface area (Å²) in [6, 6.07) is 46.0. The van der Waals surface area contributed by atoms with Gasteiger partial charge in [0, 0.05) is 29.3 Å². The lowest BCUT2D eigenvalue weighted by atomic mass is 9.75. The first-order valence-electron chi connectivity index (χ1n) is 12.2. The molecule has 1 atom stereocenters. The van der Waals surface area contributed by atoms with E-state index in [0.717, 1.165) is 6.42 Å². The van der Waals surface area contributed by atoms with E-state index in [0.29, 0.717) is 0 Å². The molecule has 190 valence electrons. The maximum Gasteiger partial charge on any atom is 0.219 e. The number of benzene rings is 4. The second-order valence-corrected chi connectivity index (χ2v) is 10.2. The Bertz CT molecular complexity index is 1530. The highest BCUT2D eigenvalue weighted by atomic mass is 35.7. The molecular formula is C32H26ClNO4. The van der Waals surface area contributed by atoms with Crippen molar-refractivity contribution in [3.8, 4) is 28.1 Å². The average Bonchev–Trinajstić information content (AvgIpc) is 3.17. The van der Waals surface area contributed by atoms with E-state index in [1.165, 1.54) is 44.9 Å². The Balaban J connectivity index is 0.000000540. The maximum absolute atomic E-state index is 8.49. The number of nitrogens with zero attached hydrogens (tertiary/aromatic N) is 1. The molecule has 2 heterocycles. The summed E-state index contributed by atoms with van der Waals surface area (Å²) in [7, 11) is -4.94. The van der Waals surface area contributed by atoms with E-state index in [1.54, 1.807) is 0 Å². The summed E-state index contributed by atoms with van der Waals surface area (Å²) >= 11 is 0. The third kappa shape index (κ3) is 5.38. The van der Waals surface area contributed by atoms with Crippen LogP contribution in [0.3, 0.4) is 0 Å². The van der Waals surface area contributed by atoms with Gasteiger partial charge in [0.15, 0.2) is 5.69 Å². The van der Waals surface area contributed by atoms with E-state index >= 15 is 0 Å². The van der Waals surface area contributed by atoms with Gasteiger partial charge in [0.1, 0.15) is 0 Å². The van der Waals surface area contributed by atoms with Gasteiger partial charge in [-0.25, -0.2) is 18.6 Å². The van der Waals surface area contributed by atoms with Gasteiger partial charge in [0.2, 0.25) is 11.4 Å². The number of pyridine rings is 1. The number of para-hydroxylation sites is 1. The van der Waals surface area contributed by atoms with Crippen molar-refractivity contribution in [2.75, 3.05) is 0 Å². The number of halogens is 1. The number of hydrogen-bond donors (Lipinski definition) is 0. The van der Waals surface area contributed by atoms with E-state index in [9.17, 15) is 0 Å². The molecule has 6 rings (SSSR count). The molecule has 6 heteroatoms. The van der Waals surface area contributed by atoms with Crippen LogP contribution < -0.4 is 23.2 Å². The van der Waals surface area contributed by atoms with Crippen LogP contribution in [0, 0.1) is 10.2 Å². The number of hydrogen-bond acceptors (Lipinski definition) is 4. The van der Waals surface area contributed by atoms with Crippen molar-refractivity contribution >= 4 is 0 Å². The summed E-state index contributed by atoms with van der Waals surface area (Å²) in [5.41, 5.74) is 10.2. The Morgan fingerprint density at radius 2 is 1.11 bits per heavy atom. The van der Waals surface area contributed by atoms with Crippen LogP contribution in [0.1, 0.15) is 23.7 Å². The van der Waals surface area contributed by atoms with Crippen LogP contribution in [-0.2, 0) is 11.8 Å². The third-order valence-corrected chi connectivity index (χ3v) is 6.95. The van der Waals surface area contributed by atoms with Gasteiger partial charge in [-0.3, -0.25) is 0 Å². The summed E-state index contributed by atoms with van der Waals surface area (Å²) < 4.78 is 36.5. The van der Waals surface area contributed by atoms with Crippen LogP contribution in [0.4, 0.5) is 0 Å². The Kier molecular flexibility index (Phi) is 7.13. The van der Waals surface area contributed by atoms with Crippen molar-refractivity contribution in [3.05, 3.63) is 144 Å². The minimum Gasteiger partial charge on any atom is -0.222 e. The van der Waals surface area contributed by atoms with Gasteiger partial charge in [0.25, 0.3) is 0 Å². The molecule has 1 unspecified atom stereocenters. The zero-order valence-electron chi connectivity index (χ0n) is 20.8. The fourth-order valence-electron chi connectivity index (χ4n) is 5.34. The normalized spacial score (nSPS) is 15.7. The molecule has 0 spiro atoms. The molecular weight excluding hydrogens is 498 g/mol. The molecule has 1 aromatic heterocycles. The largest absolute Gasteiger partial charge is 0.222 e. The average molecular weight is 524 g/mol. The molecule has 0 saturated carbocycles. The van der Waals surface area contributed by atoms with E-state index in [1.807, 2.05) is 0 Å². The smallest absolute Gasteiger partial charge is 0.219 e. The molecule has 0 amide bonds. The summed E-state index contributed by atoms with van der Waals surface area (Å²) in [6.07, 6.45) is 0.956. The topological polar surface area (TPSA) is 96.1 Å². The molecule has 5 nitrogen and oxygen atoms in total. The molecule has 0 saturated heterocycles. The fourth-order valence-corrected chi connectivity index (χ4v) is 5.34. The van der Waals surface area contributed by atoms with Crippen LogP contribution >= 0.6 is 0 Å². The maximum atomic E-state index is 8.49. The second-order valence-electron chi connectivity index (χ2n) is 9.47. The highest BCUT2D eigenvalue weighted by Crippen LogP contribution is 2.43. The number of fused-ring (bicyclic) bond motifs is 3. The molecule has 0 fully saturated rings. The van der Waals surface area contributed by atoms with Gasteiger partial charge in [-0.15, -0.1) is 10.2 Å². The van der Waals surface area contributed by atoms with Crippen LogP contribution in [-0.4, -0.2) is 0 Å². The lowest BCUT2D eigenvalue weighted by Gasteiger charge is -2.22. The minimum absolute atomic E-state index is 0.133. The van der Waals surface area contributed by atoms with E-state index in [-0.39, 0.29) is 5.41 Å². The molecule has 0 aliphatic carbocycles. The highest BCUT2D eigenvalue weighted by Gasteiger charge is 2.48. The molecule has 0 radical (unpaired) electrons. The van der Waals surface area contributed by atoms with Gasteiger partial charge in [-0.2, -0.15) is 4.57 Å². The predicted octanol–water partition coefficient (Wildman–Crippen LogP) is 2.40. The second kappa shape index (κ2) is 10.5. The fraction of sp³-hybridized carbons (Fsp3) is 0.0938. The van der Waals surface area contributed by atoms with Crippen molar-refractivity contribution in [1.82, 2.24) is 0 Å². The van der Waals surface area contributed by atoms with Crippen molar-refractivity contribution in [2.45, 2.75) is 18.8 Å². The Labute approximate surface area is 224 Å². The lowest BCUT2D eigenvalue weighted by Crippen LogP contribution is -2.68. The van der Waals surface area contributed by atoms with Crippen molar-refractivity contribution < 1.29 is 33.4 Å². The van der Waals surface area contributed by atoms with Gasteiger partial charge < -0.3 is 0 Å². The first kappa shape index (κ1) is 25.8. The summed E-state index contributed by atoms with van der Waals surface area (Å²) in [4.78, 5) is 0. The lowest BCUT2D eigenvalue weighted by molar-refractivity contribution is -2.00. The van der Waals surface area contributed by atoms with Gasteiger partial charge >= 0.3 is 0 Å². The molecule has 4 aromatic carbocycles. The van der Waals surface area contributed by atoms with Gasteiger partial charge in [0.05, 0.1) is 5.41 Å². The van der Waals surface area contributed by atoms with Crippen LogP contribution in [0.5, 0.6) is 0 Å². The molecule has 0 N–H and O–H groups in total. The van der Waals surface area contributed by atoms with Crippen molar-refractivity contribution in [1.29, 1.82) is 0 Å². The minimum atomic E-state index is -4.94. The zero-order valence-corrected chi connectivity index (χ0v) is 21.5. The monoisotopic (exact) mass is 523 g/mol. The first-order valence-corrected chi connectivity index (χ1v) is 13.4. The molecule has 1 aliphatic heterocycles. The SMILES string of the molecule is CC1(Cc2ccccc2)c2ccccc2-[n+]2c(-c3ccccc3)cc(-c3ccccc3)cc21.[O-][Cl+3]([O-])([O-])[O-]. The molecule has 0 bridgehead atoms. The van der Waals surface area contributed by atoms with Crippen LogP contribution in [0.2, 0.25) is 0 Å². The van der Waals surface area contributed by atoms with Gasteiger partial charge in [-0.1, -0.05) is 97.1 Å². The van der Waals surface area contributed by atoms with Crippen LogP contribution in [0.15, 0.2) is 127 Å². The Morgan fingerprint density at radius 3 is 1.71 bits per heavy atom. The molecule has 1 aliphatic rings. The summed E-state index contributed by atoms with van der Waals surface area (Å²) in [6.45, 7) is 2.40.